The van der Waals surface area contributed by atoms with Crippen LogP contribution in [0.5, 0.6) is 5.75 Å². The van der Waals surface area contributed by atoms with Gasteiger partial charge in [0.2, 0.25) is 0 Å². The van der Waals surface area contributed by atoms with Gasteiger partial charge in [0.05, 0.1) is 4.92 Å². The predicted octanol–water partition coefficient (Wildman–Crippen LogP) is 3.87. The Labute approximate surface area is 121 Å². The van der Waals surface area contributed by atoms with Crippen LogP contribution in [0.2, 0.25) is 5.02 Å². The summed E-state index contributed by atoms with van der Waals surface area (Å²) < 4.78 is 0. The molecule has 2 aromatic rings. The fourth-order valence-corrected chi connectivity index (χ4v) is 2.16. The Balaban J connectivity index is 2.24. The number of nitro benzene ring substituents is 1. The Hall–Kier alpha value is -2.27. The number of benzene rings is 2. The first-order chi connectivity index (χ1) is 9.50. The van der Waals surface area contributed by atoms with Crippen molar-refractivity contribution in [3.8, 4) is 5.75 Å². The van der Waals surface area contributed by atoms with E-state index >= 15 is 0 Å². The molecule has 20 heavy (non-hydrogen) atoms. The van der Waals surface area contributed by atoms with Gasteiger partial charge in [-0.3, -0.25) is 10.1 Å². The predicted molar refractivity (Wildman–Crippen MR) is 78.3 cm³/mol. The van der Waals surface area contributed by atoms with E-state index < -0.39 is 4.92 Å². The van der Waals surface area contributed by atoms with Crippen molar-refractivity contribution in [1.29, 1.82) is 0 Å². The van der Waals surface area contributed by atoms with Crippen molar-refractivity contribution in [3.63, 3.8) is 0 Å². The van der Waals surface area contributed by atoms with Crippen LogP contribution in [0, 0.1) is 17.0 Å². The molecule has 0 atom stereocenters. The van der Waals surface area contributed by atoms with Crippen molar-refractivity contribution in [2.75, 3.05) is 5.32 Å². The summed E-state index contributed by atoms with van der Waals surface area (Å²) in [7, 11) is 0. The normalized spacial score (nSPS) is 10.3. The van der Waals surface area contributed by atoms with Gasteiger partial charge in [0, 0.05) is 34.4 Å². The number of aromatic hydroxyl groups is 1. The minimum atomic E-state index is -0.423. The molecule has 2 N–H and O–H groups in total. The van der Waals surface area contributed by atoms with E-state index in [2.05, 4.69) is 5.32 Å². The van der Waals surface area contributed by atoms with Crippen molar-refractivity contribution in [1.82, 2.24) is 0 Å². The number of nitro groups is 1. The zero-order chi connectivity index (χ0) is 14.7. The van der Waals surface area contributed by atoms with Gasteiger partial charge in [-0.05, 0) is 25.1 Å². The van der Waals surface area contributed by atoms with Crippen LogP contribution in [-0.4, -0.2) is 10.0 Å². The van der Waals surface area contributed by atoms with Crippen LogP contribution in [0.4, 0.5) is 11.4 Å². The number of phenols is 1. The quantitative estimate of drug-likeness (QED) is 0.662. The monoisotopic (exact) mass is 292 g/mol. The lowest BCUT2D eigenvalue weighted by atomic mass is 10.1. The van der Waals surface area contributed by atoms with E-state index in [9.17, 15) is 15.2 Å². The minimum absolute atomic E-state index is 0.0541. The van der Waals surface area contributed by atoms with Crippen LogP contribution in [-0.2, 0) is 6.54 Å². The summed E-state index contributed by atoms with van der Waals surface area (Å²) in [5.41, 5.74) is 1.79. The SMILES string of the molecule is Cc1c(NCc2c(O)cccc2Cl)cccc1[N+](=O)[O-]. The van der Waals surface area contributed by atoms with Crippen molar-refractivity contribution in [3.05, 3.63) is 62.7 Å². The molecule has 0 radical (unpaired) electrons. The standard InChI is InChI=1S/C14H13ClN2O3/c1-9-12(5-3-6-13(9)17(19)20)16-8-10-11(15)4-2-7-14(10)18/h2-7,16,18H,8H2,1H3. The zero-order valence-corrected chi connectivity index (χ0v) is 11.5. The maximum Gasteiger partial charge on any atom is 0.274 e. The summed E-state index contributed by atoms with van der Waals surface area (Å²) in [5.74, 6) is 0.0908. The molecule has 0 fully saturated rings. The maximum atomic E-state index is 10.9. The third kappa shape index (κ3) is 2.83. The van der Waals surface area contributed by atoms with E-state index in [-0.39, 0.29) is 18.0 Å². The van der Waals surface area contributed by atoms with Gasteiger partial charge in [-0.25, -0.2) is 0 Å². The second-order valence-electron chi connectivity index (χ2n) is 4.30. The van der Waals surface area contributed by atoms with Crippen LogP contribution in [0.25, 0.3) is 0 Å². The number of anilines is 1. The number of halogens is 1. The van der Waals surface area contributed by atoms with Crippen molar-refractivity contribution >= 4 is 23.0 Å². The number of nitrogens with zero attached hydrogens (tertiary/aromatic N) is 1. The summed E-state index contributed by atoms with van der Waals surface area (Å²) in [6.45, 7) is 1.96. The molecule has 6 heteroatoms. The molecule has 5 nitrogen and oxygen atoms in total. The van der Waals surface area contributed by atoms with Gasteiger partial charge in [-0.1, -0.05) is 23.7 Å². The molecule has 0 bridgehead atoms. The smallest absolute Gasteiger partial charge is 0.274 e. The Morgan fingerprint density at radius 3 is 2.65 bits per heavy atom. The molecular weight excluding hydrogens is 280 g/mol. The highest BCUT2D eigenvalue weighted by atomic mass is 35.5. The van der Waals surface area contributed by atoms with E-state index in [0.29, 0.717) is 21.8 Å². The van der Waals surface area contributed by atoms with Gasteiger partial charge in [0.1, 0.15) is 5.75 Å². The average Bonchev–Trinajstić information content (AvgIpc) is 2.39. The lowest BCUT2D eigenvalue weighted by molar-refractivity contribution is -0.385. The first-order valence-corrected chi connectivity index (χ1v) is 6.32. The van der Waals surface area contributed by atoms with Gasteiger partial charge < -0.3 is 10.4 Å². The van der Waals surface area contributed by atoms with Gasteiger partial charge >= 0.3 is 0 Å². The Bertz CT molecular complexity index is 639. The first-order valence-electron chi connectivity index (χ1n) is 5.95. The third-order valence-electron chi connectivity index (χ3n) is 3.05. The van der Waals surface area contributed by atoms with E-state index in [1.807, 2.05) is 0 Å². The number of hydrogen-bond donors (Lipinski definition) is 2. The summed E-state index contributed by atoms with van der Waals surface area (Å²) in [5, 5.41) is 24.1. The summed E-state index contributed by atoms with van der Waals surface area (Å²) in [6, 6.07) is 9.69. The second kappa shape index (κ2) is 5.79. The fraction of sp³-hybridized carbons (Fsp3) is 0.143. The van der Waals surface area contributed by atoms with E-state index in [0.717, 1.165) is 0 Å². The highest BCUT2D eigenvalue weighted by Crippen LogP contribution is 2.29. The van der Waals surface area contributed by atoms with Crippen molar-refractivity contribution < 1.29 is 10.0 Å². The van der Waals surface area contributed by atoms with E-state index in [1.165, 1.54) is 6.07 Å². The number of phenolic OH excluding ortho intramolecular Hbond substituents is 1. The van der Waals surface area contributed by atoms with Crippen molar-refractivity contribution in [2.45, 2.75) is 13.5 Å². The molecule has 2 aromatic carbocycles. The minimum Gasteiger partial charge on any atom is -0.508 e. The lowest BCUT2D eigenvalue weighted by Crippen LogP contribution is -2.03. The topological polar surface area (TPSA) is 75.4 Å². The second-order valence-corrected chi connectivity index (χ2v) is 4.71. The molecule has 0 aliphatic rings. The molecule has 0 heterocycles. The van der Waals surface area contributed by atoms with Crippen LogP contribution in [0.1, 0.15) is 11.1 Å². The molecule has 0 unspecified atom stereocenters. The summed E-state index contributed by atoms with van der Waals surface area (Å²) in [6.07, 6.45) is 0. The zero-order valence-electron chi connectivity index (χ0n) is 10.8. The highest BCUT2D eigenvalue weighted by Gasteiger charge is 2.13. The van der Waals surface area contributed by atoms with Crippen LogP contribution in [0.3, 0.4) is 0 Å². The highest BCUT2D eigenvalue weighted by molar-refractivity contribution is 6.31. The molecule has 0 aromatic heterocycles. The maximum absolute atomic E-state index is 10.9. The van der Waals surface area contributed by atoms with Gasteiger partial charge in [-0.2, -0.15) is 0 Å². The summed E-state index contributed by atoms with van der Waals surface area (Å²) in [4.78, 5) is 10.4. The molecule has 0 amide bonds. The Morgan fingerprint density at radius 1 is 1.30 bits per heavy atom. The van der Waals surface area contributed by atoms with Gasteiger partial charge in [0.15, 0.2) is 0 Å². The fourth-order valence-electron chi connectivity index (χ4n) is 1.92. The van der Waals surface area contributed by atoms with E-state index in [4.69, 9.17) is 11.6 Å². The van der Waals surface area contributed by atoms with Crippen LogP contribution < -0.4 is 5.32 Å². The van der Waals surface area contributed by atoms with Gasteiger partial charge in [-0.15, -0.1) is 0 Å². The molecule has 0 spiro atoms. The van der Waals surface area contributed by atoms with E-state index in [1.54, 1.807) is 37.3 Å². The Morgan fingerprint density at radius 2 is 2.00 bits per heavy atom. The van der Waals surface area contributed by atoms with Crippen LogP contribution >= 0.6 is 11.6 Å². The number of hydrogen-bond acceptors (Lipinski definition) is 4. The Kier molecular flexibility index (Phi) is 4.10. The van der Waals surface area contributed by atoms with Gasteiger partial charge in [0.25, 0.3) is 5.69 Å². The molecule has 104 valence electrons. The lowest BCUT2D eigenvalue weighted by Gasteiger charge is -2.11. The average molecular weight is 293 g/mol. The molecule has 0 saturated heterocycles. The third-order valence-corrected chi connectivity index (χ3v) is 3.41. The molecule has 0 aliphatic heterocycles. The molecule has 0 saturated carbocycles. The number of rotatable bonds is 4. The first kappa shape index (κ1) is 14.1. The molecular formula is C14H13ClN2O3. The van der Waals surface area contributed by atoms with Crippen molar-refractivity contribution in [2.24, 2.45) is 0 Å². The number of nitrogens with one attached hydrogen (secondary N) is 1. The molecule has 0 aliphatic carbocycles. The molecule has 2 rings (SSSR count). The van der Waals surface area contributed by atoms with Crippen LogP contribution in [0.15, 0.2) is 36.4 Å². The summed E-state index contributed by atoms with van der Waals surface area (Å²) >= 11 is 6.01. The largest absolute Gasteiger partial charge is 0.508 e.